The standard InChI is InChI=1S/C30H27ClN2O4S2/c31-24-10-12-25(13-11-24)39(36,37)16-2-4-21-6-14-28(34)26(18-21)33-30(35)23-5-1-3-20(17-23)7-15-29-32-27(19-38-29)22-8-9-22/h1,3,5-7,10-15,17-19,22,34H,2,4,8-9,16H2,(H,33,35). The van der Waals surface area contributed by atoms with Gasteiger partial charge in [-0.15, -0.1) is 11.3 Å². The third-order valence-corrected chi connectivity index (χ3v) is 9.36. The number of aromatic hydroxyl groups is 1. The number of anilines is 1. The fourth-order valence-corrected chi connectivity index (χ4v) is 6.38. The monoisotopic (exact) mass is 578 g/mol. The zero-order valence-corrected chi connectivity index (χ0v) is 23.4. The summed E-state index contributed by atoms with van der Waals surface area (Å²) in [6.07, 6.45) is 7.18. The molecule has 0 atom stereocenters. The number of carbonyl (C=O) groups is 1. The number of thiazole rings is 1. The van der Waals surface area contributed by atoms with E-state index in [1.54, 1.807) is 47.7 Å². The van der Waals surface area contributed by atoms with Crippen molar-refractivity contribution < 1.29 is 18.3 Å². The van der Waals surface area contributed by atoms with Gasteiger partial charge in [-0.3, -0.25) is 4.79 Å². The fraction of sp³-hybridized carbons (Fsp3) is 0.200. The van der Waals surface area contributed by atoms with Crippen molar-refractivity contribution in [1.29, 1.82) is 0 Å². The molecule has 4 aromatic rings. The molecule has 5 rings (SSSR count). The number of benzene rings is 3. The van der Waals surface area contributed by atoms with Crippen molar-refractivity contribution in [2.75, 3.05) is 11.1 Å². The minimum Gasteiger partial charge on any atom is -0.506 e. The highest BCUT2D eigenvalue weighted by Gasteiger charge is 2.25. The molecule has 9 heteroatoms. The Morgan fingerprint density at radius 3 is 2.64 bits per heavy atom. The Labute approximate surface area is 236 Å². The summed E-state index contributed by atoms with van der Waals surface area (Å²) < 4.78 is 25.2. The zero-order valence-electron chi connectivity index (χ0n) is 21.0. The van der Waals surface area contributed by atoms with Gasteiger partial charge in [0.2, 0.25) is 0 Å². The van der Waals surface area contributed by atoms with Gasteiger partial charge in [0.15, 0.2) is 9.84 Å². The van der Waals surface area contributed by atoms with Crippen molar-refractivity contribution >= 4 is 56.5 Å². The van der Waals surface area contributed by atoms with E-state index < -0.39 is 9.84 Å². The van der Waals surface area contributed by atoms with Crippen molar-refractivity contribution in [1.82, 2.24) is 4.98 Å². The van der Waals surface area contributed by atoms with Gasteiger partial charge in [0.1, 0.15) is 10.8 Å². The van der Waals surface area contributed by atoms with Crippen LogP contribution in [-0.4, -0.2) is 30.2 Å². The summed E-state index contributed by atoms with van der Waals surface area (Å²) in [5.41, 5.74) is 3.56. The molecule has 1 fully saturated rings. The van der Waals surface area contributed by atoms with E-state index in [-0.39, 0.29) is 28.0 Å². The summed E-state index contributed by atoms with van der Waals surface area (Å²) in [6.45, 7) is 0. The Bertz CT molecular complexity index is 1620. The Morgan fingerprint density at radius 2 is 1.87 bits per heavy atom. The molecule has 6 nitrogen and oxygen atoms in total. The molecule has 0 saturated heterocycles. The van der Waals surface area contributed by atoms with E-state index in [1.807, 2.05) is 24.3 Å². The second-order valence-corrected chi connectivity index (χ2v) is 13.0. The lowest BCUT2D eigenvalue weighted by atomic mass is 10.1. The number of phenols is 1. The lowest BCUT2D eigenvalue weighted by Gasteiger charge is -2.11. The largest absolute Gasteiger partial charge is 0.506 e. The third kappa shape index (κ3) is 7.15. The van der Waals surface area contributed by atoms with E-state index >= 15 is 0 Å². The summed E-state index contributed by atoms with van der Waals surface area (Å²) >= 11 is 7.47. The van der Waals surface area contributed by atoms with Crippen LogP contribution in [0.3, 0.4) is 0 Å². The van der Waals surface area contributed by atoms with Crippen LogP contribution in [0.5, 0.6) is 5.75 Å². The molecule has 3 aromatic carbocycles. The highest BCUT2D eigenvalue weighted by molar-refractivity contribution is 7.91. The van der Waals surface area contributed by atoms with Crippen LogP contribution in [0.1, 0.15) is 57.4 Å². The number of rotatable bonds is 10. The first-order chi connectivity index (χ1) is 18.8. The summed E-state index contributed by atoms with van der Waals surface area (Å²) in [6, 6.07) is 18.2. The first kappa shape index (κ1) is 27.1. The van der Waals surface area contributed by atoms with E-state index in [0.717, 1.165) is 21.8 Å². The molecule has 1 amide bonds. The molecule has 2 N–H and O–H groups in total. The van der Waals surface area contributed by atoms with Gasteiger partial charge in [0, 0.05) is 21.9 Å². The van der Waals surface area contributed by atoms with Gasteiger partial charge in [-0.1, -0.05) is 35.9 Å². The number of nitrogens with one attached hydrogen (secondary N) is 1. The zero-order chi connectivity index (χ0) is 27.4. The van der Waals surface area contributed by atoms with E-state index in [2.05, 4.69) is 15.7 Å². The minimum absolute atomic E-state index is 0.0274. The second kappa shape index (κ2) is 11.7. The number of hydrogen-bond acceptors (Lipinski definition) is 6. The van der Waals surface area contributed by atoms with Crippen LogP contribution in [0.15, 0.2) is 77.0 Å². The number of amides is 1. The predicted octanol–water partition coefficient (Wildman–Crippen LogP) is 7.21. The Hall–Kier alpha value is -3.46. The van der Waals surface area contributed by atoms with Gasteiger partial charge in [0.25, 0.3) is 5.91 Å². The second-order valence-electron chi connectivity index (χ2n) is 9.53. The number of phenolic OH excluding ortho intramolecular Hbond substituents is 1. The van der Waals surface area contributed by atoms with Crippen LogP contribution < -0.4 is 5.32 Å². The number of aryl methyl sites for hydroxylation is 1. The van der Waals surface area contributed by atoms with Crippen LogP contribution in [-0.2, 0) is 16.3 Å². The van der Waals surface area contributed by atoms with Crippen molar-refractivity contribution in [3.63, 3.8) is 0 Å². The quantitative estimate of drug-likeness (QED) is 0.194. The molecule has 1 aliphatic rings. The summed E-state index contributed by atoms with van der Waals surface area (Å²) in [4.78, 5) is 17.9. The molecule has 0 aliphatic heterocycles. The molecule has 1 saturated carbocycles. The molecule has 1 aliphatic carbocycles. The van der Waals surface area contributed by atoms with Crippen LogP contribution in [0.2, 0.25) is 5.02 Å². The van der Waals surface area contributed by atoms with Gasteiger partial charge in [-0.2, -0.15) is 0 Å². The molecule has 0 unspecified atom stereocenters. The van der Waals surface area contributed by atoms with Crippen molar-refractivity contribution in [2.45, 2.75) is 36.5 Å². The number of nitrogens with zero attached hydrogens (tertiary/aromatic N) is 1. The van der Waals surface area contributed by atoms with E-state index in [1.165, 1.54) is 31.0 Å². The SMILES string of the molecule is O=C(Nc1cc(CCCS(=O)(=O)c2ccc(Cl)cc2)ccc1O)c1cccc(C=Cc2nc(C3CC3)cs2)c1. The predicted molar refractivity (Wildman–Crippen MR) is 157 cm³/mol. The van der Waals surface area contributed by atoms with E-state index in [4.69, 9.17) is 11.6 Å². The third-order valence-electron chi connectivity index (χ3n) is 6.46. The molecule has 0 radical (unpaired) electrons. The van der Waals surface area contributed by atoms with Gasteiger partial charge < -0.3 is 10.4 Å². The van der Waals surface area contributed by atoms with Crippen molar-refractivity contribution in [3.8, 4) is 5.75 Å². The smallest absolute Gasteiger partial charge is 0.255 e. The van der Waals surface area contributed by atoms with Crippen LogP contribution in [0.4, 0.5) is 5.69 Å². The molecule has 1 aromatic heterocycles. The average molecular weight is 579 g/mol. The maximum absolute atomic E-state index is 13.0. The lowest BCUT2D eigenvalue weighted by Crippen LogP contribution is -2.12. The number of aromatic nitrogens is 1. The maximum Gasteiger partial charge on any atom is 0.255 e. The number of sulfone groups is 1. The number of hydrogen-bond donors (Lipinski definition) is 2. The summed E-state index contributed by atoms with van der Waals surface area (Å²) in [5, 5.41) is 16.6. The molecule has 200 valence electrons. The first-order valence-electron chi connectivity index (χ1n) is 12.6. The highest BCUT2D eigenvalue weighted by Crippen LogP contribution is 2.40. The van der Waals surface area contributed by atoms with Crippen LogP contribution in [0.25, 0.3) is 12.2 Å². The van der Waals surface area contributed by atoms with Crippen molar-refractivity contribution in [2.24, 2.45) is 0 Å². The van der Waals surface area contributed by atoms with Crippen LogP contribution >= 0.6 is 22.9 Å². The van der Waals surface area contributed by atoms with Crippen molar-refractivity contribution in [3.05, 3.63) is 105 Å². The van der Waals surface area contributed by atoms with Gasteiger partial charge in [-0.25, -0.2) is 13.4 Å². The first-order valence-corrected chi connectivity index (χ1v) is 15.5. The maximum atomic E-state index is 13.0. The highest BCUT2D eigenvalue weighted by atomic mass is 35.5. The van der Waals surface area contributed by atoms with E-state index in [9.17, 15) is 18.3 Å². The molecular weight excluding hydrogens is 552 g/mol. The Morgan fingerprint density at radius 1 is 1.08 bits per heavy atom. The topological polar surface area (TPSA) is 96.4 Å². The lowest BCUT2D eigenvalue weighted by molar-refractivity contribution is 0.102. The van der Waals surface area contributed by atoms with Gasteiger partial charge in [-0.05, 0) is 91.4 Å². The average Bonchev–Trinajstić information content (AvgIpc) is 3.67. The van der Waals surface area contributed by atoms with Gasteiger partial charge in [0.05, 0.1) is 22.0 Å². The fourth-order valence-electron chi connectivity index (χ4n) is 4.15. The molecule has 0 bridgehead atoms. The Kier molecular flexibility index (Phi) is 8.16. The molecule has 39 heavy (non-hydrogen) atoms. The van der Waals surface area contributed by atoms with E-state index in [0.29, 0.717) is 29.3 Å². The van der Waals surface area contributed by atoms with Gasteiger partial charge >= 0.3 is 0 Å². The van der Waals surface area contributed by atoms with Crippen LogP contribution in [0, 0.1) is 0 Å². The molecule has 0 spiro atoms. The molecular formula is C30H27ClN2O4S2. The molecule has 1 heterocycles. The summed E-state index contributed by atoms with van der Waals surface area (Å²) in [5.74, 6) is 0.175. The summed E-state index contributed by atoms with van der Waals surface area (Å²) in [7, 11) is -3.43. The normalized spacial score (nSPS) is 13.6. The Balaban J connectivity index is 1.20. The minimum atomic E-state index is -3.43. The number of halogens is 1. The number of carbonyl (C=O) groups excluding carboxylic acids is 1.